The maximum absolute atomic E-state index is 12.0. The highest BCUT2D eigenvalue weighted by Gasteiger charge is 2.10. The van der Waals surface area contributed by atoms with Crippen LogP contribution in [0.2, 0.25) is 5.02 Å². The van der Waals surface area contributed by atoms with Crippen molar-refractivity contribution >= 4 is 35.0 Å². The first kappa shape index (κ1) is 19.5. The van der Waals surface area contributed by atoms with Gasteiger partial charge in [-0.25, -0.2) is 0 Å². The molecule has 7 heteroatoms. The molecule has 0 aliphatic heterocycles. The Labute approximate surface area is 156 Å². The third-order valence-corrected chi connectivity index (χ3v) is 4.09. The van der Waals surface area contributed by atoms with E-state index in [2.05, 4.69) is 16.0 Å². The molecule has 0 fully saturated rings. The van der Waals surface area contributed by atoms with Crippen LogP contribution >= 0.6 is 11.6 Å². The van der Waals surface area contributed by atoms with Crippen LogP contribution in [-0.4, -0.2) is 30.8 Å². The smallest absolute Gasteiger partial charge is 0.251 e. The lowest BCUT2D eigenvalue weighted by Gasteiger charge is -2.10. The lowest BCUT2D eigenvalue weighted by molar-refractivity contribution is -0.123. The summed E-state index contributed by atoms with van der Waals surface area (Å²) >= 11 is 5.99. The van der Waals surface area contributed by atoms with Gasteiger partial charge < -0.3 is 16.0 Å². The predicted octanol–water partition coefficient (Wildman–Crippen LogP) is 2.44. The Morgan fingerprint density at radius 2 is 1.62 bits per heavy atom. The number of aryl methyl sites for hydroxylation is 1. The van der Waals surface area contributed by atoms with Gasteiger partial charge in [-0.3, -0.25) is 14.4 Å². The summed E-state index contributed by atoms with van der Waals surface area (Å²) in [5.74, 6) is -1.18. The van der Waals surface area contributed by atoms with Crippen molar-refractivity contribution in [2.75, 3.05) is 18.4 Å². The number of hydrogen-bond donors (Lipinski definition) is 3. The molecule has 2 aromatic carbocycles. The van der Waals surface area contributed by atoms with E-state index < -0.39 is 5.91 Å². The third kappa shape index (κ3) is 5.60. The molecule has 6 nitrogen and oxygen atoms in total. The monoisotopic (exact) mass is 373 g/mol. The minimum atomic E-state index is -0.455. The van der Waals surface area contributed by atoms with Gasteiger partial charge in [-0.15, -0.1) is 0 Å². The highest BCUT2D eigenvalue weighted by Crippen LogP contribution is 2.22. The van der Waals surface area contributed by atoms with Crippen LogP contribution in [0.15, 0.2) is 42.5 Å². The molecule has 3 N–H and O–H groups in total. The second-order valence-electron chi connectivity index (χ2n) is 5.79. The van der Waals surface area contributed by atoms with Crippen molar-refractivity contribution in [3.63, 3.8) is 0 Å². The van der Waals surface area contributed by atoms with E-state index in [-0.39, 0.29) is 24.9 Å². The molecule has 0 radical (unpaired) electrons. The summed E-state index contributed by atoms with van der Waals surface area (Å²) in [5.41, 5.74) is 2.77. The normalized spacial score (nSPS) is 10.1. The Kier molecular flexibility index (Phi) is 6.74. The van der Waals surface area contributed by atoms with Gasteiger partial charge in [-0.1, -0.05) is 35.4 Å². The molecule has 0 bridgehead atoms. The molecule has 3 amide bonds. The molecule has 136 valence electrons. The minimum absolute atomic E-state index is 0.203. The van der Waals surface area contributed by atoms with Gasteiger partial charge in [0.15, 0.2) is 0 Å². The molecule has 26 heavy (non-hydrogen) atoms. The summed E-state index contributed by atoms with van der Waals surface area (Å²) in [6, 6.07) is 12.2. The summed E-state index contributed by atoms with van der Waals surface area (Å²) in [5, 5.41) is 8.20. The lowest BCUT2D eigenvalue weighted by atomic mass is 10.1. The van der Waals surface area contributed by atoms with Gasteiger partial charge in [-0.05, 0) is 43.7 Å². The number of amides is 3. The predicted molar refractivity (Wildman–Crippen MR) is 101 cm³/mol. The Morgan fingerprint density at radius 3 is 2.35 bits per heavy atom. The van der Waals surface area contributed by atoms with Crippen molar-refractivity contribution in [2.24, 2.45) is 0 Å². The first-order chi connectivity index (χ1) is 12.4. The highest BCUT2D eigenvalue weighted by atomic mass is 35.5. The number of carbonyl (C=O) groups is 3. The van der Waals surface area contributed by atoms with Crippen LogP contribution < -0.4 is 16.0 Å². The van der Waals surface area contributed by atoms with Crippen molar-refractivity contribution in [2.45, 2.75) is 13.8 Å². The fourth-order valence-electron chi connectivity index (χ4n) is 2.23. The van der Waals surface area contributed by atoms with Crippen LogP contribution in [0.3, 0.4) is 0 Å². The standard InChI is InChI=1S/C19H20ClN3O3/c1-12-5-3-6-14(9-12)19(26)22-10-17(24)21-11-18(25)23-16-8-4-7-15(20)13(16)2/h3-9H,10-11H2,1-2H3,(H,21,24)(H,22,26)(H,23,25). The Bertz CT molecular complexity index is 837. The van der Waals surface area contributed by atoms with E-state index in [1.807, 2.05) is 13.0 Å². The quantitative estimate of drug-likeness (QED) is 0.726. The number of anilines is 1. The zero-order valence-corrected chi connectivity index (χ0v) is 15.3. The van der Waals surface area contributed by atoms with Crippen molar-refractivity contribution < 1.29 is 14.4 Å². The SMILES string of the molecule is Cc1cccc(C(=O)NCC(=O)NCC(=O)Nc2cccc(Cl)c2C)c1. The van der Waals surface area contributed by atoms with E-state index in [1.54, 1.807) is 43.3 Å². The maximum Gasteiger partial charge on any atom is 0.251 e. The van der Waals surface area contributed by atoms with Crippen molar-refractivity contribution in [1.29, 1.82) is 0 Å². The van der Waals surface area contributed by atoms with Gasteiger partial charge in [0.25, 0.3) is 5.91 Å². The number of rotatable bonds is 6. The van der Waals surface area contributed by atoms with Crippen molar-refractivity contribution in [1.82, 2.24) is 10.6 Å². The number of nitrogens with one attached hydrogen (secondary N) is 3. The first-order valence-corrected chi connectivity index (χ1v) is 8.41. The van der Waals surface area contributed by atoms with Crippen LogP contribution in [0, 0.1) is 13.8 Å². The van der Waals surface area contributed by atoms with E-state index in [1.165, 1.54) is 0 Å². The second kappa shape index (κ2) is 9.01. The molecule has 0 spiro atoms. The zero-order valence-electron chi connectivity index (χ0n) is 14.6. The van der Waals surface area contributed by atoms with E-state index in [0.717, 1.165) is 11.1 Å². The summed E-state index contributed by atoms with van der Waals surface area (Å²) in [6.07, 6.45) is 0. The second-order valence-corrected chi connectivity index (χ2v) is 6.20. The largest absolute Gasteiger partial charge is 0.345 e. The fourth-order valence-corrected chi connectivity index (χ4v) is 2.40. The maximum atomic E-state index is 12.0. The van der Waals surface area contributed by atoms with Crippen molar-refractivity contribution in [3.05, 3.63) is 64.2 Å². The van der Waals surface area contributed by atoms with Gasteiger partial charge in [0.2, 0.25) is 11.8 Å². The Morgan fingerprint density at radius 1 is 0.923 bits per heavy atom. The van der Waals surface area contributed by atoms with Crippen molar-refractivity contribution in [3.8, 4) is 0 Å². The zero-order chi connectivity index (χ0) is 19.1. The summed E-state index contributed by atoms with van der Waals surface area (Å²) in [6.45, 7) is 3.25. The molecule has 0 saturated carbocycles. The van der Waals surface area contributed by atoms with E-state index in [0.29, 0.717) is 16.3 Å². The van der Waals surface area contributed by atoms with Crippen LogP contribution in [0.25, 0.3) is 0 Å². The average Bonchev–Trinajstić information content (AvgIpc) is 2.61. The number of halogens is 1. The fraction of sp³-hybridized carbons (Fsp3) is 0.211. The Hall–Kier alpha value is -2.86. The van der Waals surface area contributed by atoms with Crippen LogP contribution in [0.5, 0.6) is 0 Å². The third-order valence-electron chi connectivity index (χ3n) is 3.68. The highest BCUT2D eigenvalue weighted by molar-refractivity contribution is 6.31. The van der Waals surface area contributed by atoms with Crippen LogP contribution in [0.4, 0.5) is 5.69 Å². The number of benzene rings is 2. The van der Waals surface area contributed by atoms with Gasteiger partial charge in [0.1, 0.15) is 0 Å². The average molecular weight is 374 g/mol. The molecule has 0 atom stereocenters. The number of hydrogen-bond acceptors (Lipinski definition) is 3. The minimum Gasteiger partial charge on any atom is -0.345 e. The molecule has 0 aromatic heterocycles. The van der Waals surface area contributed by atoms with Gasteiger partial charge >= 0.3 is 0 Å². The summed E-state index contributed by atoms with van der Waals surface area (Å²) in [7, 11) is 0. The summed E-state index contributed by atoms with van der Waals surface area (Å²) < 4.78 is 0. The first-order valence-electron chi connectivity index (χ1n) is 8.03. The van der Waals surface area contributed by atoms with Crippen LogP contribution in [-0.2, 0) is 9.59 Å². The molecule has 2 aromatic rings. The Balaban J connectivity index is 1.77. The molecule has 0 heterocycles. The van der Waals surface area contributed by atoms with E-state index >= 15 is 0 Å². The molecular formula is C19H20ClN3O3. The molecule has 0 aliphatic carbocycles. The number of carbonyl (C=O) groups excluding carboxylic acids is 3. The van der Waals surface area contributed by atoms with Gasteiger partial charge in [-0.2, -0.15) is 0 Å². The molecule has 0 aliphatic rings. The molecular weight excluding hydrogens is 354 g/mol. The van der Waals surface area contributed by atoms with Crippen LogP contribution in [0.1, 0.15) is 21.5 Å². The lowest BCUT2D eigenvalue weighted by Crippen LogP contribution is -2.40. The van der Waals surface area contributed by atoms with E-state index in [4.69, 9.17) is 11.6 Å². The topological polar surface area (TPSA) is 87.3 Å². The van der Waals surface area contributed by atoms with Gasteiger partial charge in [0.05, 0.1) is 13.1 Å². The summed E-state index contributed by atoms with van der Waals surface area (Å²) in [4.78, 5) is 35.7. The van der Waals surface area contributed by atoms with E-state index in [9.17, 15) is 14.4 Å². The van der Waals surface area contributed by atoms with Gasteiger partial charge in [0, 0.05) is 16.3 Å². The molecule has 2 rings (SSSR count). The molecule has 0 saturated heterocycles. The molecule has 0 unspecified atom stereocenters.